The van der Waals surface area contributed by atoms with Crippen LogP contribution in [0.3, 0.4) is 0 Å². The Morgan fingerprint density at radius 3 is 2.71 bits per heavy atom. The Kier molecular flexibility index (Phi) is 4.54. The molecule has 1 amide bonds. The summed E-state index contributed by atoms with van der Waals surface area (Å²) in [6.07, 6.45) is 4.28. The first-order chi connectivity index (χ1) is 9.81. The molecular formula is C15H26N4O2. The molecule has 118 valence electrons. The van der Waals surface area contributed by atoms with Gasteiger partial charge in [-0.3, -0.25) is 0 Å². The van der Waals surface area contributed by atoms with E-state index in [4.69, 9.17) is 4.74 Å². The highest BCUT2D eigenvalue weighted by Crippen LogP contribution is 2.32. The number of carbonyl (C=O) groups excluding carboxylic acids is 1. The van der Waals surface area contributed by atoms with Gasteiger partial charge < -0.3 is 14.2 Å². The van der Waals surface area contributed by atoms with Gasteiger partial charge in [0.2, 0.25) is 0 Å². The number of aromatic nitrogens is 3. The lowest BCUT2D eigenvalue weighted by atomic mass is 9.89. The quantitative estimate of drug-likeness (QED) is 0.841. The van der Waals surface area contributed by atoms with Crippen molar-refractivity contribution >= 4 is 6.09 Å². The molecule has 1 aliphatic rings. The highest BCUT2D eigenvalue weighted by atomic mass is 16.6. The maximum atomic E-state index is 12.3. The van der Waals surface area contributed by atoms with Crippen molar-refractivity contribution in [1.82, 2.24) is 19.7 Å². The highest BCUT2D eigenvalue weighted by molar-refractivity contribution is 5.68. The molecule has 0 aliphatic carbocycles. The minimum Gasteiger partial charge on any atom is -0.444 e. The SMILES string of the molecule is CC[C@@H]1C[C@H](c2nncn2C)CCN1C(=O)OC(C)(C)C. The summed E-state index contributed by atoms with van der Waals surface area (Å²) < 4.78 is 7.49. The summed E-state index contributed by atoms with van der Waals surface area (Å²) in [5, 5.41) is 8.17. The summed E-state index contributed by atoms with van der Waals surface area (Å²) in [5.74, 6) is 1.37. The second-order valence-corrected chi connectivity index (χ2v) is 6.76. The van der Waals surface area contributed by atoms with Crippen LogP contribution in [-0.4, -0.2) is 43.9 Å². The number of hydrogen-bond donors (Lipinski definition) is 0. The standard InChI is InChI=1S/C15H26N4O2/c1-6-12-9-11(13-17-16-10-18(13)5)7-8-19(12)14(20)21-15(2,3)4/h10-12H,6-9H2,1-5H3/t11-,12-/m1/s1. The zero-order valence-corrected chi connectivity index (χ0v) is 13.7. The van der Waals surface area contributed by atoms with Crippen molar-refractivity contribution < 1.29 is 9.53 Å². The molecule has 0 aromatic carbocycles. The van der Waals surface area contributed by atoms with Gasteiger partial charge >= 0.3 is 6.09 Å². The number of likely N-dealkylation sites (tertiary alicyclic amines) is 1. The molecule has 1 aromatic rings. The minimum absolute atomic E-state index is 0.203. The van der Waals surface area contributed by atoms with Gasteiger partial charge in [0.25, 0.3) is 0 Å². The Balaban J connectivity index is 2.05. The number of amides is 1. The van der Waals surface area contributed by atoms with Gasteiger partial charge in [-0.05, 0) is 40.0 Å². The fourth-order valence-corrected chi connectivity index (χ4v) is 2.90. The van der Waals surface area contributed by atoms with E-state index in [1.165, 1.54) is 0 Å². The third-order valence-corrected chi connectivity index (χ3v) is 3.93. The molecule has 0 spiro atoms. The van der Waals surface area contributed by atoms with Crippen LogP contribution in [0.4, 0.5) is 4.79 Å². The van der Waals surface area contributed by atoms with Crippen LogP contribution in [0.5, 0.6) is 0 Å². The van der Waals surface area contributed by atoms with Crippen molar-refractivity contribution in [1.29, 1.82) is 0 Å². The molecule has 0 unspecified atom stereocenters. The molecule has 2 rings (SSSR count). The van der Waals surface area contributed by atoms with Gasteiger partial charge in [-0.1, -0.05) is 6.92 Å². The van der Waals surface area contributed by atoms with E-state index < -0.39 is 5.60 Å². The monoisotopic (exact) mass is 294 g/mol. The molecule has 1 aromatic heterocycles. The molecule has 2 atom stereocenters. The van der Waals surface area contributed by atoms with Gasteiger partial charge in [-0.15, -0.1) is 10.2 Å². The van der Waals surface area contributed by atoms with Crippen LogP contribution in [0.1, 0.15) is 58.7 Å². The van der Waals surface area contributed by atoms with Gasteiger partial charge in [0.1, 0.15) is 17.8 Å². The van der Waals surface area contributed by atoms with E-state index >= 15 is 0 Å². The molecule has 6 heteroatoms. The van der Waals surface area contributed by atoms with Crippen LogP contribution in [0.2, 0.25) is 0 Å². The number of piperidine rings is 1. The van der Waals surface area contributed by atoms with Crippen molar-refractivity contribution in [3.05, 3.63) is 12.2 Å². The summed E-state index contributed by atoms with van der Waals surface area (Å²) in [6, 6.07) is 0.204. The number of aryl methyl sites for hydroxylation is 1. The summed E-state index contributed by atoms with van der Waals surface area (Å²) in [6.45, 7) is 8.53. The average Bonchev–Trinajstić information content (AvgIpc) is 2.82. The topological polar surface area (TPSA) is 60.2 Å². The van der Waals surface area contributed by atoms with Crippen LogP contribution < -0.4 is 0 Å². The smallest absolute Gasteiger partial charge is 0.410 e. The number of carbonyl (C=O) groups is 1. The van der Waals surface area contributed by atoms with Crippen LogP contribution in [-0.2, 0) is 11.8 Å². The fourth-order valence-electron chi connectivity index (χ4n) is 2.90. The minimum atomic E-state index is -0.449. The van der Waals surface area contributed by atoms with Crippen LogP contribution in [0.25, 0.3) is 0 Å². The molecule has 0 bridgehead atoms. The van der Waals surface area contributed by atoms with Crippen molar-refractivity contribution in [2.24, 2.45) is 7.05 Å². The van der Waals surface area contributed by atoms with E-state index in [-0.39, 0.29) is 12.1 Å². The maximum Gasteiger partial charge on any atom is 0.410 e. The van der Waals surface area contributed by atoms with E-state index in [0.29, 0.717) is 12.5 Å². The number of nitrogens with zero attached hydrogens (tertiary/aromatic N) is 4. The largest absolute Gasteiger partial charge is 0.444 e. The van der Waals surface area contributed by atoms with E-state index in [9.17, 15) is 4.79 Å². The summed E-state index contributed by atoms with van der Waals surface area (Å²) >= 11 is 0. The second-order valence-electron chi connectivity index (χ2n) is 6.76. The van der Waals surface area contributed by atoms with Crippen LogP contribution in [0.15, 0.2) is 6.33 Å². The van der Waals surface area contributed by atoms with E-state index in [1.807, 2.05) is 37.3 Å². The molecule has 2 heterocycles. The lowest BCUT2D eigenvalue weighted by Crippen LogP contribution is -2.47. The van der Waals surface area contributed by atoms with Crippen molar-refractivity contribution in [3.8, 4) is 0 Å². The first-order valence-corrected chi connectivity index (χ1v) is 7.65. The van der Waals surface area contributed by atoms with Crippen molar-refractivity contribution in [3.63, 3.8) is 0 Å². The van der Waals surface area contributed by atoms with E-state index in [0.717, 1.165) is 25.1 Å². The van der Waals surface area contributed by atoms with Crippen LogP contribution in [0, 0.1) is 0 Å². The Hall–Kier alpha value is -1.59. The van der Waals surface area contributed by atoms with Gasteiger partial charge in [-0.2, -0.15) is 0 Å². The normalized spacial score (nSPS) is 23.2. The van der Waals surface area contributed by atoms with E-state index in [2.05, 4.69) is 17.1 Å². The van der Waals surface area contributed by atoms with Crippen molar-refractivity contribution in [2.75, 3.05) is 6.54 Å². The zero-order chi connectivity index (χ0) is 15.6. The Bertz CT molecular complexity index is 492. The highest BCUT2D eigenvalue weighted by Gasteiger charge is 2.35. The summed E-state index contributed by atoms with van der Waals surface area (Å²) in [4.78, 5) is 14.2. The predicted molar refractivity (Wildman–Crippen MR) is 80.0 cm³/mol. The van der Waals surface area contributed by atoms with Gasteiger partial charge in [0.05, 0.1) is 0 Å². The van der Waals surface area contributed by atoms with Gasteiger partial charge in [0.15, 0.2) is 0 Å². The molecule has 1 fully saturated rings. The molecule has 1 aliphatic heterocycles. The average molecular weight is 294 g/mol. The Labute approximate surface area is 126 Å². The maximum absolute atomic E-state index is 12.3. The van der Waals surface area contributed by atoms with Gasteiger partial charge in [0, 0.05) is 25.6 Å². The van der Waals surface area contributed by atoms with Crippen molar-refractivity contribution in [2.45, 2.75) is 64.5 Å². The molecule has 0 radical (unpaired) electrons. The van der Waals surface area contributed by atoms with Gasteiger partial charge in [-0.25, -0.2) is 4.79 Å². The predicted octanol–water partition coefficient (Wildman–Crippen LogP) is 2.71. The molecule has 0 N–H and O–H groups in total. The Morgan fingerprint density at radius 2 is 2.19 bits per heavy atom. The lowest BCUT2D eigenvalue weighted by molar-refractivity contribution is 0.00721. The summed E-state index contributed by atoms with van der Waals surface area (Å²) in [7, 11) is 1.97. The van der Waals surface area contributed by atoms with E-state index in [1.54, 1.807) is 6.33 Å². The molecule has 1 saturated heterocycles. The fraction of sp³-hybridized carbons (Fsp3) is 0.800. The lowest BCUT2D eigenvalue weighted by Gasteiger charge is -2.39. The third kappa shape index (κ3) is 3.74. The Morgan fingerprint density at radius 1 is 1.48 bits per heavy atom. The molecular weight excluding hydrogens is 268 g/mol. The molecule has 0 saturated carbocycles. The first kappa shape index (κ1) is 15.8. The van der Waals surface area contributed by atoms with Crippen LogP contribution >= 0.6 is 0 Å². The number of hydrogen-bond acceptors (Lipinski definition) is 4. The zero-order valence-electron chi connectivity index (χ0n) is 13.7. The second kappa shape index (κ2) is 6.03. The molecule has 21 heavy (non-hydrogen) atoms. The number of rotatable bonds is 2. The third-order valence-electron chi connectivity index (χ3n) is 3.93. The first-order valence-electron chi connectivity index (χ1n) is 7.65. The molecule has 6 nitrogen and oxygen atoms in total. The number of ether oxygens (including phenoxy) is 1. The summed E-state index contributed by atoms with van der Waals surface area (Å²) in [5.41, 5.74) is -0.449.